The molecule has 2 bridgehead atoms. The molecule has 5 nitrogen and oxygen atoms in total. The molecule has 2 unspecified atom stereocenters. The average Bonchev–Trinajstić information content (AvgIpc) is 2.92. The van der Waals surface area contributed by atoms with Crippen molar-refractivity contribution in [1.29, 1.82) is 0 Å². The molecule has 3 heterocycles. The molecule has 2 aliphatic rings. The Bertz CT molecular complexity index is 439. The SMILES string of the molecule is CC(C)c1ocnc1C(=O)N1C2CCC1CNC2. The van der Waals surface area contributed by atoms with Gasteiger partial charge in [-0.25, -0.2) is 4.98 Å². The zero-order valence-electron chi connectivity index (χ0n) is 10.8. The molecular weight excluding hydrogens is 230 g/mol. The van der Waals surface area contributed by atoms with Gasteiger partial charge in [0.15, 0.2) is 12.1 Å². The molecule has 2 aliphatic heterocycles. The first-order valence-corrected chi connectivity index (χ1v) is 6.65. The van der Waals surface area contributed by atoms with Crippen molar-refractivity contribution in [2.24, 2.45) is 0 Å². The summed E-state index contributed by atoms with van der Waals surface area (Å²) in [6, 6.07) is 0.654. The molecule has 2 atom stereocenters. The van der Waals surface area contributed by atoms with E-state index in [0.29, 0.717) is 23.5 Å². The van der Waals surface area contributed by atoms with Crippen LogP contribution in [0.15, 0.2) is 10.8 Å². The predicted octanol–water partition coefficient (Wildman–Crippen LogP) is 1.37. The normalized spacial score (nSPS) is 26.9. The number of carbonyl (C=O) groups excluding carboxylic acids is 1. The van der Waals surface area contributed by atoms with Gasteiger partial charge in [-0.05, 0) is 12.8 Å². The van der Waals surface area contributed by atoms with Gasteiger partial charge >= 0.3 is 0 Å². The van der Waals surface area contributed by atoms with Crippen molar-refractivity contribution in [3.8, 4) is 0 Å². The number of hydrogen-bond acceptors (Lipinski definition) is 4. The summed E-state index contributed by atoms with van der Waals surface area (Å²) in [7, 11) is 0. The smallest absolute Gasteiger partial charge is 0.276 e. The zero-order chi connectivity index (χ0) is 12.7. The van der Waals surface area contributed by atoms with Gasteiger partial charge < -0.3 is 14.6 Å². The fraction of sp³-hybridized carbons (Fsp3) is 0.692. The van der Waals surface area contributed by atoms with Crippen LogP contribution in [0.5, 0.6) is 0 Å². The van der Waals surface area contributed by atoms with Gasteiger partial charge in [0.25, 0.3) is 5.91 Å². The standard InChI is InChI=1S/C13H19N3O2/c1-8(2)12-11(15-7-18-12)13(17)16-9-3-4-10(16)6-14-5-9/h7-10,14H,3-6H2,1-2H3. The van der Waals surface area contributed by atoms with Crippen LogP contribution in [0.25, 0.3) is 0 Å². The zero-order valence-corrected chi connectivity index (χ0v) is 10.8. The molecule has 0 spiro atoms. The number of rotatable bonds is 2. The van der Waals surface area contributed by atoms with Gasteiger partial charge in [0.05, 0.1) is 0 Å². The molecule has 1 N–H and O–H groups in total. The van der Waals surface area contributed by atoms with Gasteiger partial charge in [-0.15, -0.1) is 0 Å². The minimum Gasteiger partial charge on any atom is -0.447 e. The van der Waals surface area contributed by atoms with E-state index in [4.69, 9.17) is 4.42 Å². The summed E-state index contributed by atoms with van der Waals surface area (Å²) in [6.45, 7) is 5.83. The van der Waals surface area contributed by atoms with Crippen molar-refractivity contribution in [1.82, 2.24) is 15.2 Å². The van der Waals surface area contributed by atoms with Gasteiger partial charge in [-0.2, -0.15) is 0 Å². The number of nitrogens with zero attached hydrogens (tertiary/aromatic N) is 2. The lowest BCUT2D eigenvalue weighted by Crippen LogP contribution is -2.54. The molecule has 1 aromatic rings. The first-order chi connectivity index (χ1) is 8.68. The second-order valence-electron chi connectivity index (χ2n) is 5.48. The lowest BCUT2D eigenvalue weighted by Gasteiger charge is -2.35. The number of carbonyl (C=O) groups is 1. The third-order valence-corrected chi connectivity index (χ3v) is 3.94. The van der Waals surface area contributed by atoms with Gasteiger partial charge in [0.1, 0.15) is 5.76 Å². The Morgan fingerprint density at radius 2 is 2.11 bits per heavy atom. The molecular formula is C13H19N3O2. The summed E-state index contributed by atoms with van der Waals surface area (Å²) in [5.41, 5.74) is 0.504. The first kappa shape index (κ1) is 11.7. The number of nitrogens with one attached hydrogen (secondary N) is 1. The van der Waals surface area contributed by atoms with Crippen LogP contribution in [-0.4, -0.2) is 41.0 Å². The molecule has 2 fully saturated rings. The minimum atomic E-state index is 0.0430. The highest BCUT2D eigenvalue weighted by atomic mass is 16.3. The molecule has 5 heteroatoms. The number of oxazole rings is 1. The maximum Gasteiger partial charge on any atom is 0.276 e. The summed E-state index contributed by atoms with van der Waals surface area (Å²) in [5, 5.41) is 3.38. The minimum absolute atomic E-state index is 0.0430. The Kier molecular flexibility index (Phi) is 2.86. The van der Waals surface area contributed by atoms with Crippen molar-refractivity contribution < 1.29 is 9.21 Å². The van der Waals surface area contributed by atoms with Crippen LogP contribution >= 0.6 is 0 Å². The number of aromatic nitrogens is 1. The highest BCUT2D eigenvalue weighted by Gasteiger charge is 2.41. The van der Waals surface area contributed by atoms with E-state index in [0.717, 1.165) is 25.9 Å². The summed E-state index contributed by atoms with van der Waals surface area (Å²) in [5.74, 6) is 0.936. The third kappa shape index (κ3) is 1.73. The van der Waals surface area contributed by atoms with Crippen molar-refractivity contribution >= 4 is 5.91 Å². The number of amides is 1. The first-order valence-electron chi connectivity index (χ1n) is 6.65. The Morgan fingerprint density at radius 3 is 2.72 bits per heavy atom. The fourth-order valence-electron chi connectivity index (χ4n) is 3.06. The van der Waals surface area contributed by atoms with Crippen LogP contribution in [-0.2, 0) is 0 Å². The molecule has 0 aliphatic carbocycles. The Balaban J connectivity index is 1.88. The molecule has 98 valence electrons. The Hall–Kier alpha value is -1.36. The summed E-state index contributed by atoms with van der Waals surface area (Å²) in [6.07, 6.45) is 3.57. The molecule has 1 amide bonds. The summed E-state index contributed by atoms with van der Waals surface area (Å²) in [4.78, 5) is 18.8. The second kappa shape index (κ2) is 4.39. The van der Waals surface area contributed by atoms with Crippen LogP contribution in [0.1, 0.15) is 48.9 Å². The topological polar surface area (TPSA) is 58.4 Å². The van der Waals surface area contributed by atoms with Gasteiger partial charge in [0, 0.05) is 31.1 Å². The lowest BCUT2D eigenvalue weighted by atomic mass is 10.1. The highest BCUT2D eigenvalue weighted by molar-refractivity contribution is 5.94. The summed E-state index contributed by atoms with van der Waals surface area (Å²) < 4.78 is 5.35. The maximum atomic E-state index is 12.6. The van der Waals surface area contributed by atoms with E-state index in [-0.39, 0.29) is 11.8 Å². The number of hydrogen-bond donors (Lipinski definition) is 1. The fourth-order valence-corrected chi connectivity index (χ4v) is 3.06. The van der Waals surface area contributed by atoms with Crippen molar-refractivity contribution in [2.75, 3.05) is 13.1 Å². The van der Waals surface area contributed by atoms with Crippen molar-refractivity contribution in [3.63, 3.8) is 0 Å². The van der Waals surface area contributed by atoms with E-state index in [1.165, 1.54) is 6.39 Å². The molecule has 1 aromatic heterocycles. The van der Waals surface area contributed by atoms with Crippen LogP contribution in [0.2, 0.25) is 0 Å². The van der Waals surface area contributed by atoms with Crippen LogP contribution < -0.4 is 5.32 Å². The molecule has 0 radical (unpaired) electrons. The third-order valence-electron chi connectivity index (χ3n) is 3.94. The second-order valence-corrected chi connectivity index (χ2v) is 5.48. The quantitative estimate of drug-likeness (QED) is 0.860. The maximum absolute atomic E-state index is 12.6. The molecule has 3 rings (SSSR count). The van der Waals surface area contributed by atoms with E-state index in [1.807, 2.05) is 18.7 Å². The number of fused-ring (bicyclic) bond motifs is 2. The summed E-state index contributed by atoms with van der Waals surface area (Å²) >= 11 is 0. The highest BCUT2D eigenvalue weighted by Crippen LogP contribution is 2.29. The Morgan fingerprint density at radius 1 is 1.44 bits per heavy atom. The molecule has 2 saturated heterocycles. The van der Waals surface area contributed by atoms with Crippen LogP contribution in [0.3, 0.4) is 0 Å². The van der Waals surface area contributed by atoms with E-state index in [2.05, 4.69) is 10.3 Å². The van der Waals surface area contributed by atoms with Gasteiger partial charge in [-0.1, -0.05) is 13.8 Å². The van der Waals surface area contributed by atoms with E-state index >= 15 is 0 Å². The monoisotopic (exact) mass is 249 g/mol. The predicted molar refractivity (Wildman–Crippen MR) is 66.4 cm³/mol. The Labute approximate surface area is 107 Å². The van der Waals surface area contributed by atoms with Crippen molar-refractivity contribution in [3.05, 3.63) is 17.8 Å². The van der Waals surface area contributed by atoms with Crippen LogP contribution in [0.4, 0.5) is 0 Å². The molecule has 0 saturated carbocycles. The van der Waals surface area contributed by atoms with E-state index < -0.39 is 0 Å². The average molecular weight is 249 g/mol. The molecule has 0 aromatic carbocycles. The van der Waals surface area contributed by atoms with E-state index in [9.17, 15) is 4.79 Å². The van der Waals surface area contributed by atoms with Gasteiger partial charge in [0.2, 0.25) is 0 Å². The van der Waals surface area contributed by atoms with E-state index in [1.54, 1.807) is 0 Å². The molecule has 18 heavy (non-hydrogen) atoms. The van der Waals surface area contributed by atoms with Crippen LogP contribution in [0, 0.1) is 0 Å². The lowest BCUT2D eigenvalue weighted by molar-refractivity contribution is 0.0611. The van der Waals surface area contributed by atoms with Crippen molar-refractivity contribution in [2.45, 2.75) is 44.7 Å². The van der Waals surface area contributed by atoms with Gasteiger partial charge in [-0.3, -0.25) is 4.79 Å². The largest absolute Gasteiger partial charge is 0.447 e. The number of piperazine rings is 1.